The van der Waals surface area contributed by atoms with E-state index in [2.05, 4.69) is 26.6 Å². The minimum atomic E-state index is -0.404. The van der Waals surface area contributed by atoms with Gasteiger partial charge in [-0.2, -0.15) is 0 Å². The van der Waals surface area contributed by atoms with Crippen molar-refractivity contribution in [1.29, 1.82) is 0 Å². The highest BCUT2D eigenvalue weighted by atomic mass is 79.9. The number of nitrogens with two attached hydrogens (primary N) is 1. The molecule has 0 saturated carbocycles. The number of piperidine rings is 1. The van der Waals surface area contributed by atoms with Crippen LogP contribution >= 0.6 is 15.9 Å². The minimum absolute atomic E-state index is 0.404. The molecule has 2 aliphatic rings. The number of rotatable bonds is 3. The average Bonchev–Trinajstić information content (AvgIpc) is 2.68. The van der Waals surface area contributed by atoms with Crippen molar-refractivity contribution in [3.8, 4) is 0 Å². The van der Waals surface area contributed by atoms with Crippen LogP contribution in [0.3, 0.4) is 0 Å². The van der Waals surface area contributed by atoms with Crippen molar-refractivity contribution in [3.63, 3.8) is 0 Å². The van der Waals surface area contributed by atoms with Crippen LogP contribution in [0.4, 0.5) is 5.69 Å². The van der Waals surface area contributed by atoms with Gasteiger partial charge in [0, 0.05) is 28.3 Å². The first-order valence-corrected chi connectivity index (χ1v) is 7.53. The molecule has 1 aromatic carbocycles. The molecule has 1 amide bonds. The van der Waals surface area contributed by atoms with Gasteiger partial charge in [0.1, 0.15) is 0 Å². The Morgan fingerprint density at radius 1 is 1.32 bits per heavy atom. The molecular formula is C14H18BrN3O. The van der Waals surface area contributed by atoms with Crippen LogP contribution < -0.4 is 16.4 Å². The van der Waals surface area contributed by atoms with Crippen molar-refractivity contribution in [2.24, 2.45) is 5.73 Å². The summed E-state index contributed by atoms with van der Waals surface area (Å²) in [7, 11) is 0. The molecule has 0 aliphatic carbocycles. The van der Waals surface area contributed by atoms with E-state index in [0.717, 1.165) is 10.2 Å². The van der Waals surface area contributed by atoms with Gasteiger partial charge < -0.3 is 16.4 Å². The lowest BCUT2D eigenvalue weighted by atomic mass is 9.99. The Labute approximate surface area is 121 Å². The van der Waals surface area contributed by atoms with E-state index < -0.39 is 5.91 Å². The maximum atomic E-state index is 11.2. The van der Waals surface area contributed by atoms with E-state index in [0.29, 0.717) is 23.7 Å². The van der Waals surface area contributed by atoms with E-state index in [-0.39, 0.29) is 0 Å². The molecule has 3 rings (SSSR count). The molecule has 102 valence electrons. The molecule has 19 heavy (non-hydrogen) atoms. The lowest BCUT2D eigenvalue weighted by Gasteiger charge is -2.30. The van der Waals surface area contributed by atoms with Crippen LogP contribution in [0, 0.1) is 0 Å². The number of fused-ring (bicyclic) bond motifs is 2. The molecule has 2 heterocycles. The fourth-order valence-electron chi connectivity index (χ4n) is 3.22. The first-order chi connectivity index (χ1) is 9.11. The number of carbonyl (C=O) groups is 1. The average molecular weight is 324 g/mol. The molecule has 0 aromatic heterocycles. The van der Waals surface area contributed by atoms with E-state index >= 15 is 0 Å². The Bertz CT molecular complexity index is 493. The summed E-state index contributed by atoms with van der Waals surface area (Å²) in [6, 6.07) is 7.49. The maximum Gasteiger partial charge on any atom is 0.249 e. The summed E-state index contributed by atoms with van der Waals surface area (Å²) in [5, 5.41) is 7.20. The van der Waals surface area contributed by atoms with E-state index in [4.69, 9.17) is 5.73 Å². The number of benzene rings is 1. The maximum absolute atomic E-state index is 11.2. The lowest BCUT2D eigenvalue weighted by molar-refractivity contribution is 0.0999. The summed E-state index contributed by atoms with van der Waals surface area (Å²) in [6.45, 7) is 0. The molecule has 0 radical (unpaired) electrons. The minimum Gasteiger partial charge on any atom is -0.382 e. The molecule has 2 aliphatic heterocycles. The van der Waals surface area contributed by atoms with Crippen LogP contribution in [0.5, 0.6) is 0 Å². The van der Waals surface area contributed by atoms with E-state index in [1.54, 1.807) is 6.07 Å². The van der Waals surface area contributed by atoms with Crippen molar-refractivity contribution in [2.75, 3.05) is 5.32 Å². The Balaban J connectivity index is 1.70. The first-order valence-electron chi connectivity index (χ1n) is 6.74. The van der Waals surface area contributed by atoms with Gasteiger partial charge in [0.05, 0.1) is 5.56 Å². The molecule has 0 spiro atoms. The molecule has 4 nitrogen and oxygen atoms in total. The third-order valence-electron chi connectivity index (χ3n) is 4.08. The number of carbonyl (C=O) groups excluding carboxylic acids is 1. The topological polar surface area (TPSA) is 67.2 Å². The van der Waals surface area contributed by atoms with Gasteiger partial charge >= 0.3 is 0 Å². The van der Waals surface area contributed by atoms with E-state index in [1.165, 1.54) is 25.7 Å². The highest BCUT2D eigenvalue weighted by Crippen LogP contribution is 2.29. The largest absolute Gasteiger partial charge is 0.382 e. The number of anilines is 1. The monoisotopic (exact) mass is 323 g/mol. The van der Waals surface area contributed by atoms with Gasteiger partial charge in [-0.05, 0) is 59.8 Å². The first kappa shape index (κ1) is 12.9. The van der Waals surface area contributed by atoms with Gasteiger partial charge in [0.15, 0.2) is 0 Å². The molecule has 4 N–H and O–H groups in total. The van der Waals surface area contributed by atoms with Gasteiger partial charge in [0.25, 0.3) is 0 Å². The third kappa shape index (κ3) is 2.77. The number of hydrogen-bond acceptors (Lipinski definition) is 3. The summed E-state index contributed by atoms with van der Waals surface area (Å²) in [6.07, 6.45) is 4.94. The Kier molecular flexibility index (Phi) is 3.50. The SMILES string of the molecule is NC(=O)c1ccc(NC2CC3CCC(C2)N3)cc1Br. The van der Waals surface area contributed by atoms with Crippen molar-refractivity contribution >= 4 is 27.5 Å². The van der Waals surface area contributed by atoms with Gasteiger partial charge in [-0.15, -0.1) is 0 Å². The zero-order chi connectivity index (χ0) is 13.4. The van der Waals surface area contributed by atoms with Crippen molar-refractivity contribution < 1.29 is 4.79 Å². The normalized spacial score (nSPS) is 29.2. The highest BCUT2D eigenvalue weighted by Gasteiger charge is 2.33. The van der Waals surface area contributed by atoms with Gasteiger partial charge in [-0.25, -0.2) is 0 Å². The van der Waals surface area contributed by atoms with Crippen LogP contribution in [-0.4, -0.2) is 24.0 Å². The number of nitrogens with one attached hydrogen (secondary N) is 2. The summed E-state index contributed by atoms with van der Waals surface area (Å²) in [5.74, 6) is -0.404. The number of primary amides is 1. The smallest absolute Gasteiger partial charge is 0.249 e. The fourth-order valence-corrected chi connectivity index (χ4v) is 3.79. The van der Waals surface area contributed by atoms with Gasteiger partial charge in [0.2, 0.25) is 5.91 Å². The van der Waals surface area contributed by atoms with Crippen LogP contribution in [-0.2, 0) is 0 Å². The number of hydrogen-bond donors (Lipinski definition) is 3. The standard InChI is InChI=1S/C14H18BrN3O/c15-13-7-10(3-4-12(13)14(16)19)18-11-5-8-1-2-9(6-11)17-8/h3-4,7-9,11,17-18H,1-2,5-6H2,(H2,16,19). The molecule has 2 fully saturated rings. The Morgan fingerprint density at radius 3 is 2.58 bits per heavy atom. The summed E-state index contributed by atoms with van der Waals surface area (Å²) in [4.78, 5) is 11.2. The quantitative estimate of drug-likeness (QED) is 0.799. The molecule has 2 saturated heterocycles. The fraction of sp³-hybridized carbons (Fsp3) is 0.500. The van der Waals surface area contributed by atoms with E-state index in [1.807, 2.05) is 12.1 Å². The van der Waals surface area contributed by atoms with E-state index in [9.17, 15) is 4.79 Å². The van der Waals surface area contributed by atoms with Crippen LogP contribution in [0.15, 0.2) is 22.7 Å². The molecule has 2 atom stereocenters. The second-order valence-electron chi connectivity index (χ2n) is 5.51. The van der Waals surface area contributed by atoms with Gasteiger partial charge in [-0.3, -0.25) is 4.79 Å². The van der Waals surface area contributed by atoms with Crippen molar-refractivity contribution in [3.05, 3.63) is 28.2 Å². The second kappa shape index (κ2) is 5.13. The second-order valence-corrected chi connectivity index (χ2v) is 6.36. The van der Waals surface area contributed by atoms with Gasteiger partial charge in [-0.1, -0.05) is 0 Å². The Hall–Kier alpha value is -1.07. The van der Waals surface area contributed by atoms with Crippen LogP contribution in [0.1, 0.15) is 36.0 Å². The molecular weight excluding hydrogens is 306 g/mol. The summed E-state index contributed by atoms with van der Waals surface area (Å²) >= 11 is 3.40. The summed E-state index contributed by atoms with van der Waals surface area (Å²) < 4.78 is 0.752. The summed E-state index contributed by atoms with van der Waals surface area (Å²) in [5.41, 5.74) is 6.86. The van der Waals surface area contributed by atoms with Crippen LogP contribution in [0.25, 0.3) is 0 Å². The molecule has 1 aromatic rings. The molecule has 5 heteroatoms. The predicted octanol–water partition coefficient (Wildman–Crippen LogP) is 2.24. The van der Waals surface area contributed by atoms with Crippen LogP contribution in [0.2, 0.25) is 0 Å². The van der Waals surface area contributed by atoms with Crippen molar-refractivity contribution in [1.82, 2.24) is 5.32 Å². The molecule has 2 bridgehead atoms. The molecule has 2 unspecified atom stereocenters. The Morgan fingerprint density at radius 2 is 2.00 bits per heavy atom. The number of halogens is 1. The third-order valence-corrected chi connectivity index (χ3v) is 4.73. The predicted molar refractivity (Wildman–Crippen MR) is 79.3 cm³/mol. The zero-order valence-electron chi connectivity index (χ0n) is 10.7. The lowest BCUT2D eigenvalue weighted by Crippen LogP contribution is -2.43. The number of amides is 1. The van der Waals surface area contributed by atoms with Crippen molar-refractivity contribution in [2.45, 2.75) is 43.8 Å². The highest BCUT2D eigenvalue weighted by molar-refractivity contribution is 9.10. The zero-order valence-corrected chi connectivity index (χ0v) is 12.2.